The molecule has 7 aromatic rings. The molecule has 0 atom stereocenters. The van der Waals surface area contributed by atoms with Crippen LogP contribution in [0.2, 0.25) is 0 Å². The van der Waals surface area contributed by atoms with Crippen molar-refractivity contribution in [3.05, 3.63) is 174 Å². The first kappa shape index (κ1) is 78.2. The quantitative estimate of drug-likeness (QED) is 0.0732. The van der Waals surface area contributed by atoms with Gasteiger partial charge in [-0.1, -0.05) is 156 Å². The third-order valence-corrected chi connectivity index (χ3v) is 15.9. The topological polar surface area (TPSA) is 312 Å². The predicted molar refractivity (Wildman–Crippen MR) is 398 cm³/mol. The van der Waals surface area contributed by atoms with E-state index in [4.69, 9.17) is 68.8 Å². The molecule has 0 amide bonds. The summed E-state index contributed by atoms with van der Waals surface area (Å²) in [6.07, 6.45) is 0.941. The molecule has 0 unspecified atom stereocenters. The van der Waals surface area contributed by atoms with Crippen molar-refractivity contribution in [2.24, 2.45) is 0 Å². The van der Waals surface area contributed by atoms with Gasteiger partial charge in [0.2, 0.25) is 0 Å². The minimum absolute atomic E-state index is 0.0747. The average molecular weight is 1200 g/mol. The zero-order valence-electron chi connectivity index (χ0n) is 59.5. The second-order valence-corrected chi connectivity index (χ2v) is 28.7. The van der Waals surface area contributed by atoms with Gasteiger partial charge >= 0.3 is 0 Å². The predicted octanol–water partition coefficient (Wildman–Crippen LogP) is 18.1. The second kappa shape index (κ2) is 32.4. The molecule has 0 aliphatic rings. The Morgan fingerprint density at radius 3 is 0.909 bits per heavy atom. The van der Waals surface area contributed by atoms with Gasteiger partial charge in [-0.2, -0.15) is 0 Å². The van der Waals surface area contributed by atoms with Crippen molar-refractivity contribution < 1.29 is 0 Å². The Morgan fingerprint density at radius 1 is 0.295 bits per heavy atom. The largest absolute Gasteiger partial charge is 0.399 e. The first-order valence-electron chi connectivity index (χ1n) is 31.0. The normalized spacial score (nSPS) is 11.3. The Bertz CT molecular complexity index is 3200. The van der Waals surface area contributed by atoms with Crippen LogP contribution in [0.3, 0.4) is 0 Å². The van der Waals surface area contributed by atoms with Crippen molar-refractivity contribution in [3.8, 4) is 0 Å². The van der Waals surface area contributed by atoms with Gasteiger partial charge in [0.25, 0.3) is 0 Å². The standard InChI is InChI=1S/C18H31N.C16H27N.C10H16N2.C9H14N2.2C8H12N2.C7H10N2/c1-16(2,3)12-10-13(17(4,5)6)15(19)14(11-12)18(7,8)9;1-10(2)13-8-12(16(5,6)7)9-14(11(3)4)15(13)17;1-5-6(2)10(12)8(4)7(3)9(5)11;1-6(2)8-5-7(10)3-4-9(8)11;1-5-3-7(9)4-6(2)8(5)10;1-2-6-5-7(9)3-4-8(6)10;1-5-4-6(8)2-3-7(5)9/h10-11H,19H2,1-9H3;8-11H,17H2,1-7H3;11-12H2,1-4H3;3-6H,10-11H2,1-2H3;3-4H,9-10H2,1-2H3;3-5H,2,9-10H2,1H3;2-4H,8-9H2,1H3. The van der Waals surface area contributed by atoms with Crippen LogP contribution in [-0.4, -0.2) is 0 Å². The highest BCUT2D eigenvalue weighted by Gasteiger charge is 2.28. The maximum atomic E-state index is 6.47. The van der Waals surface area contributed by atoms with Gasteiger partial charge in [0.05, 0.1) is 0 Å². The third-order valence-electron chi connectivity index (χ3n) is 15.9. The molecule has 88 heavy (non-hydrogen) atoms. The van der Waals surface area contributed by atoms with Crippen molar-refractivity contribution in [1.82, 2.24) is 0 Å². The molecule has 0 aliphatic heterocycles. The molecule has 24 N–H and O–H groups in total. The van der Waals surface area contributed by atoms with Gasteiger partial charge in [-0.15, -0.1) is 0 Å². The molecule has 0 fully saturated rings. The van der Waals surface area contributed by atoms with E-state index in [1.807, 2.05) is 109 Å². The van der Waals surface area contributed by atoms with Gasteiger partial charge < -0.3 is 68.8 Å². The zero-order chi connectivity index (χ0) is 68.6. The minimum Gasteiger partial charge on any atom is -0.399 e. The maximum absolute atomic E-state index is 6.47. The van der Waals surface area contributed by atoms with E-state index in [9.17, 15) is 0 Å². The molecule has 12 nitrogen and oxygen atoms in total. The Morgan fingerprint density at radius 2 is 0.614 bits per heavy atom. The van der Waals surface area contributed by atoms with E-state index in [2.05, 4.69) is 156 Å². The summed E-state index contributed by atoms with van der Waals surface area (Å²) in [5.41, 5.74) is 97.7. The molecule has 0 radical (unpaired) electrons. The van der Waals surface area contributed by atoms with Gasteiger partial charge in [-0.3, -0.25) is 0 Å². The van der Waals surface area contributed by atoms with Crippen LogP contribution in [0.5, 0.6) is 0 Å². The molecule has 486 valence electrons. The monoisotopic (exact) mass is 1200 g/mol. The number of nitrogens with two attached hydrogens (primary N) is 12. The molecule has 12 heteroatoms. The fourth-order valence-corrected chi connectivity index (χ4v) is 9.52. The zero-order valence-corrected chi connectivity index (χ0v) is 59.5. The Kier molecular flexibility index (Phi) is 28.8. The lowest BCUT2D eigenvalue weighted by molar-refractivity contribution is 0.551. The van der Waals surface area contributed by atoms with Crippen LogP contribution < -0.4 is 68.8 Å². The SMILES string of the molecule is CC(C)(C)c1cc(C(C)(C)C)c(N)c(C(C)(C)C)c1.CC(C)c1cc(C(C)(C)C)cc(C(C)C)c1N.CC(C)c1cc(N)ccc1N.CCc1cc(N)ccc1N.Cc1c(C)c(N)c(C)c(C)c1N.Cc1cc(N)cc(C)c1N.Cc1cc(N)ccc1N. The molecule has 0 aliphatic carbocycles. The molecule has 0 aromatic heterocycles. The molecule has 0 bridgehead atoms. The van der Waals surface area contributed by atoms with Crippen molar-refractivity contribution in [2.45, 2.75) is 226 Å². The van der Waals surface area contributed by atoms with Gasteiger partial charge in [0.1, 0.15) is 0 Å². The molecule has 0 saturated carbocycles. The first-order valence-corrected chi connectivity index (χ1v) is 31.0. The summed E-state index contributed by atoms with van der Waals surface area (Å²) in [4.78, 5) is 0. The summed E-state index contributed by atoms with van der Waals surface area (Å²) in [5.74, 6) is 1.41. The van der Waals surface area contributed by atoms with Crippen LogP contribution in [0.1, 0.15) is 233 Å². The van der Waals surface area contributed by atoms with Crippen molar-refractivity contribution >= 4 is 68.2 Å². The van der Waals surface area contributed by atoms with Crippen LogP contribution >= 0.6 is 0 Å². The molecule has 7 rings (SSSR count). The number of hydrogen-bond donors (Lipinski definition) is 12. The van der Waals surface area contributed by atoms with E-state index < -0.39 is 0 Å². The number of nitrogen functional groups attached to an aromatic ring is 12. The molecule has 0 spiro atoms. The number of benzene rings is 7. The summed E-state index contributed by atoms with van der Waals surface area (Å²) in [6.45, 7) is 55.9. The Labute approximate surface area is 534 Å². The fourth-order valence-electron chi connectivity index (χ4n) is 9.52. The summed E-state index contributed by atoms with van der Waals surface area (Å²) < 4.78 is 0. The number of hydrogen-bond acceptors (Lipinski definition) is 12. The second-order valence-electron chi connectivity index (χ2n) is 28.7. The lowest BCUT2D eigenvalue weighted by Crippen LogP contribution is -2.23. The van der Waals surface area contributed by atoms with Crippen LogP contribution in [0, 0.1) is 48.5 Å². The van der Waals surface area contributed by atoms with Crippen molar-refractivity contribution in [3.63, 3.8) is 0 Å². The van der Waals surface area contributed by atoms with E-state index in [1.54, 1.807) is 6.07 Å². The lowest BCUT2D eigenvalue weighted by atomic mass is 9.74. The van der Waals surface area contributed by atoms with Crippen LogP contribution in [0.15, 0.2) is 91.0 Å². The number of rotatable bonds is 4. The van der Waals surface area contributed by atoms with Gasteiger partial charge in [0.15, 0.2) is 0 Å². The molecular weight excluding hydrogens is 1080 g/mol. The van der Waals surface area contributed by atoms with E-state index >= 15 is 0 Å². The van der Waals surface area contributed by atoms with Gasteiger partial charge in [-0.25, -0.2) is 0 Å². The van der Waals surface area contributed by atoms with Crippen LogP contribution in [0.4, 0.5) is 68.2 Å². The highest BCUT2D eigenvalue weighted by molar-refractivity contribution is 5.70. The highest BCUT2D eigenvalue weighted by Crippen LogP contribution is 2.40. The fraction of sp³-hybridized carbons (Fsp3) is 0.447. The van der Waals surface area contributed by atoms with Crippen LogP contribution in [-0.2, 0) is 28.1 Å². The van der Waals surface area contributed by atoms with Crippen molar-refractivity contribution in [2.75, 3.05) is 68.8 Å². The molecule has 7 aromatic carbocycles. The Balaban J connectivity index is 0.000000522. The molecule has 0 heterocycles. The highest BCUT2D eigenvalue weighted by atomic mass is 14.6. The van der Waals surface area contributed by atoms with Gasteiger partial charge in [0, 0.05) is 68.2 Å². The summed E-state index contributed by atoms with van der Waals surface area (Å²) >= 11 is 0. The first-order chi connectivity index (χ1) is 40.0. The molecule has 0 saturated heterocycles. The smallest absolute Gasteiger partial charge is 0.0390 e. The number of aryl methyl sites for hydroxylation is 4. The third kappa shape index (κ3) is 23.3. The van der Waals surface area contributed by atoms with E-state index in [-0.39, 0.29) is 21.7 Å². The summed E-state index contributed by atoms with van der Waals surface area (Å²) in [7, 11) is 0. The lowest BCUT2D eigenvalue weighted by Gasteiger charge is -2.32. The summed E-state index contributed by atoms with van der Waals surface area (Å²) in [5, 5.41) is 0. The van der Waals surface area contributed by atoms with Gasteiger partial charge in [-0.05, 0) is 244 Å². The summed E-state index contributed by atoms with van der Waals surface area (Å²) in [6, 6.07) is 29.5. The minimum atomic E-state index is 0.0747. The maximum Gasteiger partial charge on any atom is 0.0390 e. The van der Waals surface area contributed by atoms with E-state index in [1.165, 1.54) is 33.4 Å². The average Bonchev–Trinajstić information content (AvgIpc) is 1.44. The number of anilines is 12. The van der Waals surface area contributed by atoms with Crippen molar-refractivity contribution in [1.29, 1.82) is 0 Å². The van der Waals surface area contributed by atoms with E-state index in [0.717, 1.165) is 125 Å². The van der Waals surface area contributed by atoms with Crippen LogP contribution in [0.25, 0.3) is 0 Å². The van der Waals surface area contributed by atoms with E-state index in [0.29, 0.717) is 17.8 Å². The molecular formula is C76H122N12. The Hall–Kier alpha value is -7.86.